The average molecular weight is 411 g/mol. The van der Waals surface area contributed by atoms with E-state index in [0.717, 1.165) is 57.8 Å². The van der Waals surface area contributed by atoms with Crippen molar-refractivity contribution in [2.45, 2.75) is 83.2 Å². The van der Waals surface area contributed by atoms with Crippen molar-refractivity contribution in [3.63, 3.8) is 0 Å². The molecule has 0 saturated heterocycles. The van der Waals surface area contributed by atoms with E-state index in [9.17, 15) is 4.79 Å². The molecule has 2 amide bonds. The largest absolute Gasteiger partial charge is 0.371 e. The van der Waals surface area contributed by atoms with Crippen molar-refractivity contribution in [3.05, 3.63) is 35.4 Å². The number of benzene rings is 1. The van der Waals surface area contributed by atoms with Gasteiger partial charge in [0.1, 0.15) is 5.84 Å². The molecule has 0 aromatic heterocycles. The van der Waals surface area contributed by atoms with Gasteiger partial charge < -0.3 is 10.2 Å². The predicted molar refractivity (Wildman–Crippen MR) is 123 cm³/mol. The van der Waals surface area contributed by atoms with Crippen molar-refractivity contribution in [2.24, 2.45) is 4.99 Å². The molecule has 1 aromatic rings. The van der Waals surface area contributed by atoms with E-state index in [1.165, 1.54) is 62.5 Å². The number of aryl methyl sites for hydroxylation is 1. The van der Waals surface area contributed by atoms with Crippen molar-refractivity contribution in [3.8, 4) is 0 Å². The highest BCUT2D eigenvalue weighted by atomic mass is 16.2. The zero-order valence-electron chi connectivity index (χ0n) is 18.5. The highest BCUT2D eigenvalue weighted by molar-refractivity contribution is 5.94. The maximum atomic E-state index is 13.0. The van der Waals surface area contributed by atoms with E-state index in [1.54, 1.807) is 0 Å². The van der Waals surface area contributed by atoms with E-state index >= 15 is 0 Å². The second kappa shape index (κ2) is 10.9. The highest BCUT2D eigenvalue weighted by Gasteiger charge is 2.21. The lowest BCUT2D eigenvalue weighted by Crippen LogP contribution is -2.38. The first-order valence-electron chi connectivity index (χ1n) is 12.2. The molecule has 1 saturated carbocycles. The van der Waals surface area contributed by atoms with Crippen LogP contribution in [0.3, 0.4) is 0 Å². The summed E-state index contributed by atoms with van der Waals surface area (Å²) >= 11 is 0. The first-order valence-corrected chi connectivity index (χ1v) is 12.2. The van der Waals surface area contributed by atoms with Crippen LogP contribution in [0, 0.1) is 0 Å². The lowest BCUT2D eigenvalue weighted by Gasteiger charge is -2.26. The van der Waals surface area contributed by atoms with Crippen molar-refractivity contribution in [1.29, 1.82) is 0 Å². The summed E-state index contributed by atoms with van der Waals surface area (Å²) < 4.78 is 0. The predicted octanol–water partition coefficient (Wildman–Crippen LogP) is 4.75. The van der Waals surface area contributed by atoms with Crippen LogP contribution in [0.5, 0.6) is 0 Å². The lowest BCUT2D eigenvalue weighted by atomic mass is 9.95. The van der Waals surface area contributed by atoms with Crippen LogP contribution in [-0.2, 0) is 13.0 Å². The fourth-order valence-corrected chi connectivity index (χ4v) is 4.98. The maximum absolute atomic E-state index is 13.0. The van der Waals surface area contributed by atoms with Gasteiger partial charge in [-0.2, -0.15) is 4.99 Å². The number of rotatable bonds is 1. The molecule has 4 aliphatic rings. The molecule has 1 N–H and O–H groups in total. The van der Waals surface area contributed by atoms with Crippen molar-refractivity contribution in [2.75, 3.05) is 26.2 Å². The van der Waals surface area contributed by atoms with Crippen molar-refractivity contribution < 1.29 is 4.79 Å². The Balaban J connectivity index is 1.51. The molecule has 5 nitrogen and oxygen atoms in total. The normalized spacial score (nSPS) is 26.7. The maximum Gasteiger partial charge on any atom is 0.345 e. The molecule has 1 aliphatic carbocycles. The van der Waals surface area contributed by atoms with Gasteiger partial charge in [0.15, 0.2) is 0 Å². The third kappa shape index (κ3) is 6.31. The Morgan fingerprint density at radius 3 is 2.33 bits per heavy atom. The lowest BCUT2D eigenvalue weighted by molar-refractivity contribution is 0.190. The van der Waals surface area contributed by atoms with E-state index in [4.69, 9.17) is 0 Å². The summed E-state index contributed by atoms with van der Waals surface area (Å²) in [5.74, 6) is 0.903. The van der Waals surface area contributed by atoms with Crippen LogP contribution in [0.25, 0.3) is 0 Å². The quantitative estimate of drug-likeness (QED) is 0.727. The monoisotopic (exact) mass is 410 g/mol. The summed E-state index contributed by atoms with van der Waals surface area (Å²) in [7, 11) is 0. The van der Waals surface area contributed by atoms with Gasteiger partial charge in [-0.15, -0.1) is 0 Å². The number of amidine groups is 1. The Morgan fingerprint density at radius 2 is 1.50 bits per heavy atom. The van der Waals surface area contributed by atoms with Gasteiger partial charge in [0.25, 0.3) is 0 Å². The molecule has 164 valence electrons. The van der Waals surface area contributed by atoms with Gasteiger partial charge in [0.05, 0.1) is 0 Å². The fourth-order valence-electron chi connectivity index (χ4n) is 4.98. The first kappa shape index (κ1) is 21.4. The molecule has 0 radical (unpaired) electrons. The molecule has 4 bridgehead atoms. The average Bonchev–Trinajstić information content (AvgIpc) is 2.82. The highest BCUT2D eigenvalue weighted by Crippen LogP contribution is 2.18. The minimum Gasteiger partial charge on any atom is -0.371 e. The van der Waals surface area contributed by atoms with Crippen LogP contribution in [0.1, 0.15) is 75.3 Å². The van der Waals surface area contributed by atoms with Crippen molar-refractivity contribution >= 4 is 11.9 Å². The number of hydrogen-bond acceptors (Lipinski definition) is 3. The molecular formula is C25H38N4O. The number of aliphatic imine (C=N–C) groups is 1. The number of urea groups is 1. The Bertz CT molecular complexity index is 708. The molecule has 3 aliphatic heterocycles. The summed E-state index contributed by atoms with van der Waals surface area (Å²) in [6.07, 6.45) is 13.0. The van der Waals surface area contributed by atoms with Crippen LogP contribution >= 0.6 is 0 Å². The van der Waals surface area contributed by atoms with Gasteiger partial charge in [-0.3, -0.25) is 4.90 Å². The smallest absolute Gasteiger partial charge is 0.345 e. The van der Waals surface area contributed by atoms with Gasteiger partial charge >= 0.3 is 6.03 Å². The minimum absolute atomic E-state index is 0.0385. The fraction of sp³-hybridized carbons (Fsp3) is 0.680. The van der Waals surface area contributed by atoms with Crippen molar-refractivity contribution in [1.82, 2.24) is 15.1 Å². The van der Waals surface area contributed by atoms with Gasteiger partial charge in [-0.05, 0) is 43.2 Å². The Morgan fingerprint density at radius 1 is 0.767 bits per heavy atom. The van der Waals surface area contributed by atoms with E-state index in [-0.39, 0.29) is 6.03 Å². The Labute approximate surface area is 181 Å². The van der Waals surface area contributed by atoms with Gasteiger partial charge in [-0.1, -0.05) is 56.4 Å². The molecule has 5 heteroatoms. The van der Waals surface area contributed by atoms with Crippen LogP contribution < -0.4 is 5.32 Å². The molecular weight excluding hydrogens is 372 g/mol. The zero-order valence-corrected chi connectivity index (χ0v) is 18.5. The Hall–Kier alpha value is -1.88. The molecule has 1 atom stereocenters. The summed E-state index contributed by atoms with van der Waals surface area (Å²) in [6.45, 7) is 4.41. The third-order valence-electron chi connectivity index (χ3n) is 6.90. The third-order valence-corrected chi connectivity index (χ3v) is 6.90. The number of fused-ring (bicyclic) bond motifs is 7. The number of hydrogen-bond donors (Lipinski definition) is 1. The van der Waals surface area contributed by atoms with Gasteiger partial charge in [-0.25, -0.2) is 4.79 Å². The van der Waals surface area contributed by atoms with Gasteiger partial charge in [0.2, 0.25) is 0 Å². The minimum atomic E-state index is -0.0385. The van der Waals surface area contributed by atoms with E-state index < -0.39 is 0 Å². The summed E-state index contributed by atoms with van der Waals surface area (Å²) in [6, 6.07) is 9.64. The molecule has 0 spiro atoms. The van der Waals surface area contributed by atoms with Gasteiger partial charge in [0, 0.05) is 45.2 Å². The number of nitrogens with one attached hydrogen (secondary N) is 1. The summed E-state index contributed by atoms with van der Waals surface area (Å²) in [4.78, 5) is 22.1. The topological polar surface area (TPSA) is 47.9 Å². The standard InChI is InChI=1S/C25H38N4O/c30-25-27-24(26-23-9-5-3-6-10-23)15-17-28-18-19-29(25)16-7-2-1-4-8-21-11-13-22(20-28)14-12-21/h11-14,23H,1-10,15-20H2,(H,26,27,30). The first-order chi connectivity index (χ1) is 14.8. The van der Waals surface area contributed by atoms with Crippen LogP contribution in [0.15, 0.2) is 29.3 Å². The van der Waals surface area contributed by atoms with Crippen LogP contribution in [0.2, 0.25) is 0 Å². The summed E-state index contributed by atoms with van der Waals surface area (Å²) in [5, 5.41) is 3.65. The molecule has 3 heterocycles. The van der Waals surface area contributed by atoms with E-state index in [0.29, 0.717) is 6.04 Å². The second-order valence-corrected chi connectivity index (χ2v) is 9.31. The second-order valence-electron chi connectivity index (χ2n) is 9.31. The SMILES string of the molecule is O=C1/N=C(/NC2CCCCC2)CCN2CCN1CCCCCCc1ccc(cc1)C2. The number of nitrogens with zero attached hydrogens (tertiary/aromatic N) is 3. The number of carbonyl (C=O) groups is 1. The molecule has 1 fully saturated rings. The molecule has 1 aromatic carbocycles. The Kier molecular flexibility index (Phi) is 7.79. The van der Waals surface area contributed by atoms with Crippen LogP contribution in [-0.4, -0.2) is 53.9 Å². The molecule has 1 unspecified atom stereocenters. The van der Waals surface area contributed by atoms with E-state index in [2.05, 4.69) is 39.5 Å². The zero-order chi connectivity index (χ0) is 20.6. The number of carbonyl (C=O) groups excluding carboxylic acids is 1. The van der Waals surface area contributed by atoms with E-state index in [1.807, 2.05) is 4.90 Å². The number of amides is 2. The summed E-state index contributed by atoms with van der Waals surface area (Å²) in [5.41, 5.74) is 2.81. The van der Waals surface area contributed by atoms with Crippen LogP contribution in [0.4, 0.5) is 4.79 Å². The molecule has 5 rings (SSSR count). The molecule has 30 heavy (non-hydrogen) atoms.